The number of carbonyl (C=O) groups is 1. The lowest BCUT2D eigenvalue weighted by molar-refractivity contribution is -0.120. The van der Waals surface area contributed by atoms with E-state index in [2.05, 4.69) is 10.3 Å². The van der Waals surface area contributed by atoms with Crippen LogP contribution in [0.4, 0.5) is 4.39 Å². The van der Waals surface area contributed by atoms with Gasteiger partial charge in [-0.15, -0.1) is 0 Å². The Kier molecular flexibility index (Phi) is 5.14. The van der Waals surface area contributed by atoms with Crippen molar-refractivity contribution in [2.75, 3.05) is 20.6 Å². The number of para-hydroxylation sites is 1. The minimum Gasteiger partial charge on any atom is -0.361 e. The van der Waals surface area contributed by atoms with Crippen LogP contribution in [0, 0.1) is 5.82 Å². The van der Waals surface area contributed by atoms with E-state index in [1.165, 1.54) is 12.1 Å². The molecule has 1 atom stereocenters. The third kappa shape index (κ3) is 4.06. The zero-order valence-electron chi connectivity index (χ0n) is 14.4. The summed E-state index contributed by atoms with van der Waals surface area (Å²) in [6.07, 6.45) is 2.19. The summed E-state index contributed by atoms with van der Waals surface area (Å²) in [4.78, 5) is 17.5. The Morgan fingerprint density at radius 3 is 2.76 bits per heavy atom. The standard InChI is InChI=1S/C20H22FN3O/c1-24(2)19(14-6-5-7-16(21)10-14)13-23-20(25)11-15-12-22-18-9-4-3-8-17(15)18/h3-10,12,19,22H,11,13H2,1-2H3,(H,23,25). The summed E-state index contributed by atoms with van der Waals surface area (Å²) >= 11 is 0. The average Bonchev–Trinajstić information content (AvgIpc) is 2.98. The smallest absolute Gasteiger partial charge is 0.224 e. The molecule has 2 aromatic carbocycles. The Morgan fingerprint density at radius 2 is 2.00 bits per heavy atom. The van der Waals surface area contributed by atoms with Crippen molar-refractivity contribution in [3.63, 3.8) is 0 Å². The summed E-state index contributed by atoms with van der Waals surface area (Å²) in [5, 5.41) is 4.03. The molecular formula is C20H22FN3O. The number of aromatic amines is 1. The maximum atomic E-state index is 13.5. The number of hydrogen-bond donors (Lipinski definition) is 2. The Morgan fingerprint density at radius 1 is 1.20 bits per heavy atom. The predicted octanol–water partition coefficient (Wildman–Crippen LogP) is 3.27. The molecule has 0 spiro atoms. The summed E-state index contributed by atoms with van der Waals surface area (Å²) in [6, 6.07) is 14.3. The number of rotatable bonds is 6. The maximum Gasteiger partial charge on any atom is 0.224 e. The molecule has 0 aliphatic carbocycles. The molecule has 0 bridgehead atoms. The fourth-order valence-electron chi connectivity index (χ4n) is 3.04. The van der Waals surface area contributed by atoms with E-state index in [1.807, 2.05) is 55.5 Å². The molecule has 0 aliphatic rings. The van der Waals surface area contributed by atoms with Gasteiger partial charge in [-0.1, -0.05) is 30.3 Å². The van der Waals surface area contributed by atoms with Gasteiger partial charge in [0.1, 0.15) is 5.82 Å². The first kappa shape index (κ1) is 17.2. The van der Waals surface area contributed by atoms with Crippen LogP contribution in [0.2, 0.25) is 0 Å². The molecular weight excluding hydrogens is 317 g/mol. The van der Waals surface area contributed by atoms with Crippen molar-refractivity contribution >= 4 is 16.8 Å². The van der Waals surface area contributed by atoms with Crippen molar-refractivity contribution in [2.45, 2.75) is 12.5 Å². The van der Waals surface area contributed by atoms with Crippen LogP contribution >= 0.6 is 0 Å². The number of benzene rings is 2. The zero-order chi connectivity index (χ0) is 17.8. The normalized spacial score (nSPS) is 12.5. The van der Waals surface area contributed by atoms with Crippen LogP contribution in [-0.4, -0.2) is 36.4 Å². The van der Waals surface area contributed by atoms with Crippen molar-refractivity contribution in [2.24, 2.45) is 0 Å². The minimum absolute atomic E-state index is 0.0481. The molecule has 3 rings (SSSR count). The van der Waals surface area contributed by atoms with Crippen molar-refractivity contribution in [3.05, 3.63) is 71.7 Å². The zero-order valence-corrected chi connectivity index (χ0v) is 14.4. The SMILES string of the molecule is CN(C)C(CNC(=O)Cc1c[nH]c2ccccc12)c1cccc(F)c1. The highest BCUT2D eigenvalue weighted by Gasteiger charge is 2.16. The van der Waals surface area contributed by atoms with Crippen molar-refractivity contribution in [1.82, 2.24) is 15.2 Å². The lowest BCUT2D eigenvalue weighted by Gasteiger charge is -2.25. The van der Waals surface area contributed by atoms with E-state index in [4.69, 9.17) is 0 Å². The molecule has 3 aromatic rings. The number of amides is 1. The number of nitrogens with zero attached hydrogens (tertiary/aromatic N) is 1. The molecule has 1 aromatic heterocycles. The molecule has 2 N–H and O–H groups in total. The van der Waals surface area contributed by atoms with Crippen LogP contribution < -0.4 is 5.32 Å². The van der Waals surface area contributed by atoms with Crippen LogP contribution in [0.15, 0.2) is 54.7 Å². The van der Waals surface area contributed by atoms with Gasteiger partial charge >= 0.3 is 0 Å². The first-order chi connectivity index (χ1) is 12.0. The number of fused-ring (bicyclic) bond motifs is 1. The van der Waals surface area contributed by atoms with Gasteiger partial charge in [-0.3, -0.25) is 4.79 Å². The topological polar surface area (TPSA) is 48.1 Å². The molecule has 1 heterocycles. The molecule has 0 saturated heterocycles. The van der Waals surface area contributed by atoms with Gasteiger partial charge in [0.15, 0.2) is 0 Å². The van der Waals surface area contributed by atoms with E-state index in [9.17, 15) is 9.18 Å². The van der Waals surface area contributed by atoms with Crippen molar-refractivity contribution < 1.29 is 9.18 Å². The number of likely N-dealkylation sites (N-methyl/N-ethyl adjacent to an activating group) is 1. The lowest BCUT2D eigenvalue weighted by atomic mass is 10.1. The summed E-state index contributed by atoms with van der Waals surface area (Å²) in [5.41, 5.74) is 2.84. The monoisotopic (exact) mass is 339 g/mol. The van der Waals surface area contributed by atoms with Gasteiger partial charge in [-0.25, -0.2) is 4.39 Å². The molecule has 4 nitrogen and oxygen atoms in total. The molecule has 0 radical (unpaired) electrons. The highest BCUT2D eigenvalue weighted by Crippen LogP contribution is 2.20. The number of halogens is 1. The Labute approximate surface area is 146 Å². The largest absolute Gasteiger partial charge is 0.361 e. The second-order valence-corrected chi connectivity index (χ2v) is 6.37. The van der Waals surface area contributed by atoms with Crippen LogP contribution in [0.25, 0.3) is 10.9 Å². The third-order valence-corrected chi connectivity index (χ3v) is 4.38. The predicted molar refractivity (Wildman–Crippen MR) is 97.8 cm³/mol. The van der Waals surface area contributed by atoms with Gasteiger partial charge < -0.3 is 15.2 Å². The summed E-state index contributed by atoms with van der Waals surface area (Å²) in [5.74, 6) is -0.317. The number of nitrogens with one attached hydrogen (secondary N) is 2. The summed E-state index contributed by atoms with van der Waals surface area (Å²) in [7, 11) is 3.84. The molecule has 1 unspecified atom stereocenters. The van der Waals surface area contributed by atoms with Gasteiger partial charge in [0.25, 0.3) is 0 Å². The Balaban J connectivity index is 1.66. The van der Waals surface area contributed by atoms with Gasteiger partial charge in [-0.2, -0.15) is 0 Å². The molecule has 1 amide bonds. The van der Waals surface area contributed by atoms with E-state index in [-0.39, 0.29) is 17.8 Å². The highest BCUT2D eigenvalue weighted by atomic mass is 19.1. The first-order valence-electron chi connectivity index (χ1n) is 8.28. The molecule has 0 aliphatic heterocycles. The molecule has 0 saturated carbocycles. The van der Waals surface area contributed by atoms with E-state index in [0.717, 1.165) is 22.0 Å². The van der Waals surface area contributed by atoms with Gasteiger partial charge in [-0.05, 0) is 43.4 Å². The van der Waals surface area contributed by atoms with Crippen LogP contribution in [0.3, 0.4) is 0 Å². The average molecular weight is 339 g/mol. The fourth-order valence-corrected chi connectivity index (χ4v) is 3.04. The van der Waals surface area contributed by atoms with Crippen LogP contribution in [-0.2, 0) is 11.2 Å². The Bertz CT molecular complexity index is 872. The minimum atomic E-state index is -0.269. The number of hydrogen-bond acceptors (Lipinski definition) is 2. The second kappa shape index (κ2) is 7.49. The first-order valence-corrected chi connectivity index (χ1v) is 8.28. The van der Waals surface area contributed by atoms with Gasteiger partial charge in [0, 0.05) is 23.6 Å². The van der Waals surface area contributed by atoms with E-state index >= 15 is 0 Å². The summed E-state index contributed by atoms with van der Waals surface area (Å²) in [6.45, 7) is 0.428. The molecule has 0 fully saturated rings. The quantitative estimate of drug-likeness (QED) is 0.724. The third-order valence-electron chi connectivity index (χ3n) is 4.38. The van der Waals surface area contributed by atoms with Crippen LogP contribution in [0.1, 0.15) is 17.2 Å². The maximum absolute atomic E-state index is 13.5. The van der Waals surface area contributed by atoms with Crippen molar-refractivity contribution in [1.29, 1.82) is 0 Å². The van der Waals surface area contributed by atoms with E-state index in [1.54, 1.807) is 6.07 Å². The molecule has 130 valence electrons. The Hall–Kier alpha value is -2.66. The van der Waals surface area contributed by atoms with E-state index in [0.29, 0.717) is 13.0 Å². The number of aromatic nitrogens is 1. The second-order valence-electron chi connectivity index (χ2n) is 6.37. The highest BCUT2D eigenvalue weighted by molar-refractivity contribution is 5.88. The number of H-pyrrole nitrogens is 1. The number of carbonyl (C=O) groups excluding carboxylic acids is 1. The fraction of sp³-hybridized carbons (Fsp3) is 0.250. The molecule has 25 heavy (non-hydrogen) atoms. The molecule has 5 heteroatoms. The van der Waals surface area contributed by atoms with Crippen molar-refractivity contribution in [3.8, 4) is 0 Å². The van der Waals surface area contributed by atoms with Gasteiger partial charge in [0.05, 0.1) is 12.5 Å². The van der Waals surface area contributed by atoms with Gasteiger partial charge in [0.2, 0.25) is 5.91 Å². The lowest BCUT2D eigenvalue weighted by Crippen LogP contribution is -2.35. The van der Waals surface area contributed by atoms with Crippen LogP contribution in [0.5, 0.6) is 0 Å². The summed E-state index contributed by atoms with van der Waals surface area (Å²) < 4.78 is 13.5. The van der Waals surface area contributed by atoms with E-state index < -0.39 is 0 Å².